The molecule has 1 rings (SSSR count). The maximum Gasteiger partial charge on any atom is 0.118 e. The number of ether oxygens (including phenoxy) is 1. The van der Waals surface area contributed by atoms with Gasteiger partial charge in [-0.1, -0.05) is 12.1 Å². The molecule has 3 N–H and O–H groups in total. The highest BCUT2D eigenvalue weighted by molar-refractivity contribution is 5.27. The Morgan fingerprint density at radius 2 is 2.00 bits per heavy atom. The highest BCUT2D eigenvalue weighted by Crippen LogP contribution is 2.12. The quantitative estimate of drug-likeness (QED) is 0.738. The molecule has 0 aliphatic heterocycles. The molecule has 84 valence electrons. The second kappa shape index (κ2) is 6.43. The second-order valence-electron chi connectivity index (χ2n) is 3.70. The zero-order valence-corrected chi connectivity index (χ0v) is 9.49. The van der Waals surface area contributed by atoms with Gasteiger partial charge in [0.1, 0.15) is 5.75 Å². The van der Waals surface area contributed by atoms with E-state index >= 15 is 0 Å². The minimum Gasteiger partial charge on any atom is -0.497 e. The third-order valence-electron chi connectivity index (χ3n) is 2.34. The Bertz CT molecular complexity index is 271. The van der Waals surface area contributed by atoms with Crippen LogP contribution in [0.15, 0.2) is 24.3 Å². The summed E-state index contributed by atoms with van der Waals surface area (Å²) in [4.78, 5) is 0. The Morgan fingerprint density at radius 1 is 1.33 bits per heavy atom. The summed E-state index contributed by atoms with van der Waals surface area (Å²) >= 11 is 0. The first-order valence-electron chi connectivity index (χ1n) is 5.32. The van der Waals surface area contributed by atoms with Crippen LogP contribution in [0, 0.1) is 0 Å². The van der Waals surface area contributed by atoms with Crippen molar-refractivity contribution in [1.82, 2.24) is 5.32 Å². The summed E-state index contributed by atoms with van der Waals surface area (Å²) in [6.07, 6.45) is 1.02. The minimum absolute atomic E-state index is 0.460. The van der Waals surface area contributed by atoms with E-state index in [9.17, 15) is 0 Å². The molecule has 0 fully saturated rings. The summed E-state index contributed by atoms with van der Waals surface area (Å²) in [5.41, 5.74) is 6.74. The van der Waals surface area contributed by atoms with E-state index in [0.29, 0.717) is 12.6 Å². The molecule has 0 bridgehead atoms. The Balaban J connectivity index is 2.42. The number of methoxy groups -OCH3 is 1. The van der Waals surface area contributed by atoms with E-state index in [1.54, 1.807) is 7.11 Å². The highest BCUT2D eigenvalue weighted by atomic mass is 16.5. The molecule has 1 aromatic rings. The van der Waals surface area contributed by atoms with Crippen molar-refractivity contribution in [1.29, 1.82) is 0 Å². The smallest absolute Gasteiger partial charge is 0.118 e. The molecule has 0 aromatic heterocycles. The standard InChI is InChI=1S/C12H20N2O/c1-10(14-8-7-13)9-11-3-5-12(15-2)6-4-11/h3-6,10,14H,7-9,13H2,1-2H3. The van der Waals surface area contributed by atoms with Crippen molar-refractivity contribution in [2.45, 2.75) is 19.4 Å². The van der Waals surface area contributed by atoms with Gasteiger partial charge in [0.2, 0.25) is 0 Å². The van der Waals surface area contributed by atoms with Crippen LogP contribution in [0.5, 0.6) is 5.75 Å². The molecule has 0 aliphatic rings. The molecule has 1 unspecified atom stereocenters. The SMILES string of the molecule is COc1ccc(CC(C)NCCN)cc1. The van der Waals surface area contributed by atoms with Gasteiger partial charge in [-0.3, -0.25) is 0 Å². The largest absolute Gasteiger partial charge is 0.497 e. The lowest BCUT2D eigenvalue weighted by Crippen LogP contribution is -2.32. The zero-order chi connectivity index (χ0) is 11.1. The zero-order valence-electron chi connectivity index (χ0n) is 9.49. The number of hydrogen-bond acceptors (Lipinski definition) is 3. The maximum atomic E-state index is 5.43. The second-order valence-corrected chi connectivity index (χ2v) is 3.70. The van der Waals surface area contributed by atoms with Gasteiger partial charge in [-0.25, -0.2) is 0 Å². The summed E-state index contributed by atoms with van der Waals surface area (Å²) in [6.45, 7) is 3.73. The van der Waals surface area contributed by atoms with Crippen LogP contribution in [0.2, 0.25) is 0 Å². The monoisotopic (exact) mass is 208 g/mol. The van der Waals surface area contributed by atoms with Gasteiger partial charge in [-0.2, -0.15) is 0 Å². The van der Waals surface area contributed by atoms with E-state index in [4.69, 9.17) is 10.5 Å². The average molecular weight is 208 g/mol. The molecule has 0 spiro atoms. The minimum atomic E-state index is 0.460. The van der Waals surface area contributed by atoms with Gasteiger partial charge in [-0.05, 0) is 31.0 Å². The number of nitrogens with two attached hydrogens (primary N) is 1. The fourth-order valence-corrected chi connectivity index (χ4v) is 1.52. The van der Waals surface area contributed by atoms with Gasteiger partial charge < -0.3 is 15.8 Å². The predicted molar refractivity (Wildman–Crippen MR) is 63.2 cm³/mol. The number of rotatable bonds is 6. The van der Waals surface area contributed by atoms with E-state index in [1.807, 2.05) is 12.1 Å². The van der Waals surface area contributed by atoms with Crippen molar-refractivity contribution in [2.75, 3.05) is 20.2 Å². The fourth-order valence-electron chi connectivity index (χ4n) is 1.52. The number of hydrogen-bond donors (Lipinski definition) is 2. The van der Waals surface area contributed by atoms with Crippen LogP contribution in [-0.4, -0.2) is 26.2 Å². The fraction of sp³-hybridized carbons (Fsp3) is 0.500. The Hall–Kier alpha value is -1.06. The van der Waals surface area contributed by atoms with E-state index in [2.05, 4.69) is 24.4 Å². The molecule has 3 heteroatoms. The Morgan fingerprint density at radius 3 is 2.53 bits per heavy atom. The first kappa shape index (κ1) is 12.0. The van der Waals surface area contributed by atoms with Crippen LogP contribution in [0.4, 0.5) is 0 Å². The lowest BCUT2D eigenvalue weighted by atomic mass is 10.1. The topological polar surface area (TPSA) is 47.3 Å². The van der Waals surface area contributed by atoms with Crippen LogP contribution in [-0.2, 0) is 6.42 Å². The van der Waals surface area contributed by atoms with Crippen LogP contribution < -0.4 is 15.8 Å². The van der Waals surface area contributed by atoms with E-state index in [-0.39, 0.29) is 0 Å². The molecular formula is C12H20N2O. The summed E-state index contributed by atoms with van der Waals surface area (Å²) in [6, 6.07) is 8.64. The van der Waals surface area contributed by atoms with E-state index in [1.165, 1.54) is 5.56 Å². The van der Waals surface area contributed by atoms with Crippen molar-refractivity contribution in [3.8, 4) is 5.75 Å². The van der Waals surface area contributed by atoms with Gasteiger partial charge in [0, 0.05) is 19.1 Å². The van der Waals surface area contributed by atoms with Crippen LogP contribution in [0.3, 0.4) is 0 Å². The summed E-state index contributed by atoms with van der Waals surface area (Å²) in [5, 5.41) is 3.35. The van der Waals surface area contributed by atoms with Crippen LogP contribution >= 0.6 is 0 Å². The molecule has 1 aromatic carbocycles. The van der Waals surface area contributed by atoms with Crippen molar-refractivity contribution in [3.05, 3.63) is 29.8 Å². The lowest BCUT2D eigenvalue weighted by Gasteiger charge is -2.13. The van der Waals surface area contributed by atoms with Crippen molar-refractivity contribution >= 4 is 0 Å². The van der Waals surface area contributed by atoms with Gasteiger partial charge in [-0.15, -0.1) is 0 Å². The van der Waals surface area contributed by atoms with Gasteiger partial charge in [0.05, 0.1) is 7.11 Å². The maximum absolute atomic E-state index is 5.43. The normalized spacial score (nSPS) is 12.5. The van der Waals surface area contributed by atoms with Crippen LogP contribution in [0.1, 0.15) is 12.5 Å². The molecule has 0 amide bonds. The van der Waals surface area contributed by atoms with Gasteiger partial charge in [0.15, 0.2) is 0 Å². The Labute approximate surface area is 91.6 Å². The molecule has 0 radical (unpaired) electrons. The molecule has 3 nitrogen and oxygen atoms in total. The lowest BCUT2D eigenvalue weighted by molar-refractivity contribution is 0.414. The Kier molecular flexibility index (Phi) is 5.15. The highest BCUT2D eigenvalue weighted by Gasteiger charge is 2.02. The molecule has 1 atom stereocenters. The number of nitrogens with one attached hydrogen (secondary N) is 1. The van der Waals surface area contributed by atoms with Crippen molar-refractivity contribution in [2.24, 2.45) is 5.73 Å². The first-order valence-corrected chi connectivity index (χ1v) is 5.32. The van der Waals surface area contributed by atoms with Crippen LogP contribution in [0.25, 0.3) is 0 Å². The predicted octanol–water partition coefficient (Wildman–Crippen LogP) is 1.17. The van der Waals surface area contributed by atoms with E-state index in [0.717, 1.165) is 18.7 Å². The molecular weight excluding hydrogens is 188 g/mol. The summed E-state index contributed by atoms with van der Waals surface area (Å²) in [5.74, 6) is 0.904. The molecule has 15 heavy (non-hydrogen) atoms. The molecule has 0 heterocycles. The number of benzene rings is 1. The summed E-state index contributed by atoms with van der Waals surface area (Å²) < 4.78 is 5.11. The van der Waals surface area contributed by atoms with Crippen molar-refractivity contribution < 1.29 is 4.74 Å². The average Bonchev–Trinajstić information content (AvgIpc) is 2.27. The van der Waals surface area contributed by atoms with Gasteiger partial charge in [0.25, 0.3) is 0 Å². The third kappa shape index (κ3) is 4.32. The molecule has 0 saturated carbocycles. The molecule has 0 saturated heterocycles. The third-order valence-corrected chi connectivity index (χ3v) is 2.34. The first-order chi connectivity index (χ1) is 7.26. The van der Waals surface area contributed by atoms with Crippen molar-refractivity contribution in [3.63, 3.8) is 0 Å². The van der Waals surface area contributed by atoms with E-state index < -0.39 is 0 Å². The van der Waals surface area contributed by atoms with Gasteiger partial charge >= 0.3 is 0 Å². The summed E-state index contributed by atoms with van der Waals surface area (Å²) in [7, 11) is 1.68. The molecule has 0 aliphatic carbocycles.